The maximum Gasteiger partial charge on any atom is 0.402 e. The van der Waals surface area contributed by atoms with Gasteiger partial charge < -0.3 is 0 Å². The highest BCUT2D eigenvalue weighted by molar-refractivity contribution is 7.88. The van der Waals surface area contributed by atoms with Gasteiger partial charge in [-0.15, -0.1) is 0 Å². The van der Waals surface area contributed by atoms with E-state index in [2.05, 4.69) is 13.8 Å². The van der Waals surface area contributed by atoms with Gasteiger partial charge in [0.15, 0.2) is 0 Å². The average molecular weight is 315 g/mol. The zero-order chi connectivity index (χ0) is 15.6. The molecule has 3 nitrogen and oxygen atoms in total. The van der Waals surface area contributed by atoms with Gasteiger partial charge in [-0.1, -0.05) is 13.8 Å². The van der Waals surface area contributed by atoms with Crippen LogP contribution in [0.5, 0.6) is 0 Å². The second kappa shape index (κ2) is 6.64. The maximum absolute atomic E-state index is 12.5. The number of nitrogens with zero attached hydrogens (tertiary/aromatic N) is 1. The number of halogens is 3. The van der Waals surface area contributed by atoms with Gasteiger partial charge in [0.2, 0.25) is 10.0 Å². The Balaban J connectivity index is 2.60. The first kappa shape index (κ1) is 17.8. The van der Waals surface area contributed by atoms with E-state index in [1.165, 1.54) is 0 Å². The minimum atomic E-state index is -4.49. The van der Waals surface area contributed by atoms with Gasteiger partial charge in [-0.25, -0.2) is 8.42 Å². The third kappa shape index (κ3) is 5.99. The Morgan fingerprint density at radius 3 is 2.00 bits per heavy atom. The molecule has 1 saturated carbocycles. The van der Waals surface area contributed by atoms with Crippen LogP contribution in [0.2, 0.25) is 0 Å². The van der Waals surface area contributed by atoms with Crippen molar-refractivity contribution in [3.05, 3.63) is 0 Å². The predicted molar refractivity (Wildman–Crippen MR) is 72.8 cm³/mol. The molecule has 0 bridgehead atoms. The fourth-order valence-corrected chi connectivity index (χ4v) is 3.71. The summed E-state index contributed by atoms with van der Waals surface area (Å²) in [5.41, 5.74) is 0. The van der Waals surface area contributed by atoms with Crippen LogP contribution in [-0.4, -0.2) is 38.2 Å². The summed E-state index contributed by atoms with van der Waals surface area (Å²) in [6.07, 6.45) is -0.0615. The van der Waals surface area contributed by atoms with Crippen molar-refractivity contribution < 1.29 is 21.6 Å². The zero-order valence-electron chi connectivity index (χ0n) is 12.3. The third-order valence-electron chi connectivity index (χ3n) is 4.12. The Labute approximate surface area is 119 Å². The first-order valence-electron chi connectivity index (χ1n) is 7.01. The predicted octanol–water partition coefficient (Wildman–Crippen LogP) is 3.27. The van der Waals surface area contributed by atoms with Crippen molar-refractivity contribution in [2.45, 2.75) is 45.7 Å². The van der Waals surface area contributed by atoms with Gasteiger partial charge in [-0.05, 0) is 43.4 Å². The SMILES string of the molecule is CC(C)[C@H]1CC[C@H](CN(CC(F)(F)F)S(C)(=O)=O)CC1. The average Bonchev–Trinajstić information content (AvgIpc) is 2.25. The molecule has 120 valence electrons. The highest BCUT2D eigenvalue weighted by atomic mass is 32.2. The Kier molecular flexibility index (Phi) is 5.89. The van der Waals surface area contributed by atoms with Crippen molar-refractivity contribution >= 4 is 10.0 Å². The summed E-state index contributed by atoms with van der Waals surface area (Å²) in [6.45, 7) is 2.91. The van der Waals surface area contributed by atoms with E-state index in [-0.39, 0.29) is 12.5 Å². The van der Waals surface area contributed by atoms with E-state index in [0.717, 1.165) is 31.9 Å². The molecular weight excluding hydrogens is 291 g/mol. The van der Waals surface area contributed by atoms with E-state index in [1.54, 1.807) is 0 Å². The van der Waals surface area contributed by atoms with Crippen LogP contribution in [0.1, 0.15) is 39.5 Å². The van der Waals surface area contributed by atoms with Gasteiger partial charge in [0.1, 0.15) is 6.54 Å². The van der Waals surface area contributed by atoms with Crippen molar-refractivity contribution in [2.75, 3.05) is 19.3 Å². The van der Waals surface area contributed by atoms with Gasteiger partial charge in [0.25, 0.3) is 0 Å². The summed E-state index contributed by atoms with van der Waals surface area (Å²) in [4.78, 5) is 0. The van der Waals surface area contributed by atoms with Crippen molar-refractivity contribution in [3.8, 4) is 0 Å². The molecular formula is C13H24F3NO2S. The molecule has 0 saturated heterocycles. The molecule has 1 aliphatic carbocycles. The molecule has 0 aliphatic heterocycles. The lowest BCUT2D eigenvalue weighted by Crippen LogP contribution is -2.42. The minimum absolute atomic E-state index is 0.0108. The highest BCUT2D eigenvalue weighted by Gasteiger charge is 2.36. The van der Waals surface area contributed by atoms with Crippen LogP contribution in [0, 0.1) is 17.8 Å². The smallest absolute Gasteiger partial charge is 0.213 e. The van der Waals surface area contributed by atoms with Crippen molar-refractivity contribution in [3.63, 3.8) is 0 Å². The molecule has 0 heterocycles. The van der Waals surface area contributed by atoms with Crippen LogP contribution in [0.25, 0.3) is 0 Å². The summed E-state index contributed by atoms with van der Waals surface area (Å²) < 4.78 is 60.9. The van der Waals surface area contributed by atoms with Crippen molar-refractivity contribution in [2.24, 2.45) is 17.8 Å². The Hall–Kier alpha value is -0.300. The molecule has 0 atom stereocenters. The lowest BCUT2D eigenvalue weighted by molar-refractivity contribution is -0.137. The normalized spacial score (nSPS) is 25.4. The van der Waals surface area contributed by atoms with Crippen LogP contribution in [0.4, 0.5) is 13.2 Å². The molecule has 1 aliphatic rings. The molecule has 1 fully saturated rings. The van der Waals surface area contributed by atoms with Crippen LogP contribution >= 0.6 is 0 Å². The van der Waals surface area contributed by atoms with E-state index in [4.69, 9.17) is 0 Å². The number of hydrogen-bond acceptors (Lipinski definition) is 2. The van der Waals surface area contributed by atoms with Gasteiger partial charge >= 0.3 is 6.18 Å². The topological polar surface area (TPSA) is 37.4 Å². The Morgan fingerprint density at radius 2 is 1.65 bits per heavy atom. The molecule has 0 unspecified atom stereocenters. The van der Waals surface area contributed by atoms with E-state index in [1.807, 2.05) is 0 Å². The molecule has 1 rings (SSSR count). The zero-order valence-corrected chi connectivity index (χ0v) is 13.1. The van der Waals surface area contributed by atoms with Crippen LogP contribution in [-0.2, 0) is 10.0 Å². The fraction of sp³-hybridized carbons (Fsp3) is 1.00. The molecule has 7 heteroatoms. The molecule has 0 aromatic carbocycles. The van der Waals surface area contributed by atoms with Crippen LogP contribution in [0.15, 0.2) is 0 Å². The van der Waals surface area contributed by atoms with E-state index in [9.17, 15) is 21.6 Å². The molecule has 0 radical (unpaired) electrons. The molecule has 0 aromatic heterocycles. The van der Waals surface area contributed by atoms with E-state index >= 15 is 0 Å². The first-order chi connectivity index (χ1) is 8.99. The monoisotopic (exact) mass is 315 g/mol. The van der Waals surface area contributed by atoms with Crippen molar-refractivity contribution in [1.29, 1.82) is 0 Å². The van der Waals surface area contributed by atoms with Gasteiger partial charge in [0, 0.05) is 6.54 Å². The van der Waals surface area contributed by atoms with E-state index < -0.39 is 22.7 Å². The van der Waals surface area contributed by atoms with Crippen molar-refractivity contribution in [1.82, 2.24) is 4.31 Å². The second-order valence-corrected chi connectivity index (χ2v) is 8.18. The standard InChI is InChI=1S/C13H24F3NO2S/c1-10(2)12-6-4-11(5-7-12)8-17(20(3,18)19)9-13(14,15)16/h10-12H,4-9H2,1-3H3/t11-,12-. The number of rotatable bonds is 5. The second-order valence-electron chi connectivity index (χ2n) is 6.20. The van der Waals surface area contributed by atoms with Crippen LogP contribution < -0.4 is 0 Å². The third-order valence-corrected chi connectivity index (χ3v) is 5.34. The number of alkyl halides is 3. The summed E-state index contributed by atoms with van der Waals surface area (Å²) in [7, 11) is -3.81. The van der Waals surface area contributed by atoms with Gasteiger partial charge in [-0.3, -0.25) is 0 Å². The van der Waals surface area contributed by atoms with Crippen LogP contribution in [0.3, 0.4) is 0 Å². The van der Waals surface area contributed by atoms with E-state index in [0.29, 0.717) is 16.1 Å². The van der Waals surface area contributed by atoms with Gasteiger partial charge in [0.05, 0.1) is 6.26 Å². The molecule has 0 N–H and O–H groups in total. The number of sulfonamides is 1. The summed E-state index contributed by atoms with van der Waals surface area (Å²) in [6, 6.07) is 0. The Morgan fingerprint density at radius 1 is 1.15 bits per heavy atom. The molecule has 0 spiro atoms. The highest BCUT2D eigenvalue weighted by Crippen LogP contribution is 2.34. The summed E-state index contributed by atoms with van der Waals surface area (Å²) >= 11 is 0. The summed E-state index contributed by atoms with van der Waals surface area (Å²) in [5.74, 6) is 1.24. The molecule has 0 amide bonds. The minimum Gasteiger partial charge on any atom is -0.213 e. The molecule has 0 aromatic rings. The van der Waals surface area contributed by atoms with Gasteiger partial charge in [-0.2, -0.15) is 17.5 Å². The first-order valence-corrected chi connectivity index (χ1v) is 8.85. The quantitative estimate of drug-likeness (QED) is 0.781. The fourth-order valence-electron chi connectivity index (χ4n) is 2.84. The lowest BCUT2D eigenvalue weighted by atomic mass is 9.77. The summed E-state index contributed by atoms with van der Waals surface area (Å²) in [5, 5.41) is 0. The number of hydrogen-bond donors (Lipinski definition) is 0. The Bertz CT molecular complexity index is 398. The maximum atomic E-state index is 12.5. The largest absolute Gasteiger partial charge is 0.402 e. The lowest BCUT2D eigenvalue weighted by Gasteiger charge is -2.33. The molecule has 20 heavy (non-hydrogen) atoms.